The standard InChI is InChI=1S/C26H53NO4/c1-6-11-16-27-21-24(29-18-13-8-3)26(31-20-15-10-5)25(30-19-14-9-4)23(27)22-28-17-12-7-2/h23-26H,6-22H2,1-5H3. The van der Waals surface area contributed by atoms with Gasteiger partial charge in [0.15, 0.2) is 0 Å². The Kier molecular flexibility index (Phi) is 17.9. The van der Waals surface area contributed by atoms with Crippen LogP contribution in [0.2, 0.25) is 0 Å². The zero-order valence-corrected chi connectivity index (χ0v) is 21.4. The molecule has 0 bridgehead atoms. The number of piperidine rings is 1. The number of nitrogens with zero attached hydrogens (tertiary/aromatic N) is 1. The van der Waals surface area contributed by atoms with E-state index < -0.39 is 0 Å². The third-order valence-electron chi connectivity index (χ3n) is 6.13. The molecule has 0 spiro atoms. The van der Waals surface area contributed by atoms with Gasteiger partial charge in [-0.05, 0) is 38.6 Å². The van der Waals surface area contributed by atoms with Crippen molar-refractivity contribution in [2.75, 3.05) is 46.1 Å². The fourth-order valence-corrected chi connectivity index (χ4v) is 4.04. The van der Waals surface area contributed by atoms with Gasteiger partial charge >= 0.3 is 0 Å². The van der Waals surface area contributed by atoms with Gasteiger partial charge in [-0.15, -0.1) is 0 Å². The van der Waals surface area contributed by atoms with E-state index in [1.165, 1.54) is 12.8 Å². The summed E-state index contributed by atoms with van der Waals surface area (Å²) >= 11 is 0. The molecule has 0 aromatic carbocycles. The Balaban J connectivity index is 3.02. The van der Waals surface area contributed by atoms with E-state index in [4.69, 9.17) is 18.9 Å². The minimum Gasteiger partial charge on any atom is -0.380 e. The number of ether oxygens (including phenoxy) is 4. The van der Waals surface area contributed by atoms with E-state index in [-0.39, 0.29) is 24.4 Å². The molecule has 0 aromatic rings. The van der Waals surface area contributed by atoms with Crippen molar-refractivity contribution in [3.63, 3.8) is 0 Å². The van der Waals surface area contributed by atoms with Crippen LogP contribution >= 0.6 is 0 Å². The van der Waals surface area contributed by atoms with Gasteiger partial charge in [-0.2, -0.15) is 0 Å². The summed E-state index contributed by atoms with van der Waals surface area (Å²) in [7, 11) is 0. The van der Waals surface area contributed by atoms with Crippen molar-refractivity contribution in [3.05, 3.63) is 0 Å². The summed E-state index contributed by atoms with van der Waals surface area (Å²) in [6.45, 7) is 17.0. The monoisotopic (exact) mass is 443 g/mol. The molecule has 0 N–H and O–H groups in total. The largest absolute Gasteiger partial charge is 0.380 e. The molecule has 1 rings (SSSR count). The first-order valence-electron chi connectivity index (χ1n) is 13.4. The molecule has 0 saturated carbocycles. The summed E-state index contributed by atoms with van der Waals surface area (Å²) < 4.78 is 25.6. The molecule has 186 valence electrons. The van der Waals surface area contributed by atoms with Crippen molar-refractivity contribution in [1.29, 1.82) is 0 Å². The summed E-state index contributed by atoms with van der Waals surface area (Å²) in [6, 6.07) is 0.234. The minimum absolute atomic E-state index is 0.00210. The maximum Gasteiger partial charge on any atom is 0.113 e. The highest BCUT2D eigenvalue weighted by atomic mass is 16.6. The molecule has 1 aliphatic heterocycles. The zero-order chi connectivity index (χ0) is 22.7. The molecular weight excluding hydrogens is 390 g/mol. The van der Waals surface area contributed by atoms with E-state index in [2.05, 4.69) is 39.5 Å². The van der Waals surface area contributed by atoms with Crippen LogP contribution in [-0.2, 0) is 18.9 Å². The van der Waals surface area contributed by atoms with E-state index in [1.54, 1.807) is 0 Å². The summed E-state index contributed by atoms with van der Waals surface area (Å²) in [5.74, 6) is 0. The number of likely N-dealkylation sites (tertiary alicyclic amines) is 1. The van der Waals surface area contributed by atoms with E-state index in [1.807, 2.05) is 0 Å². The Labute approximate surface area is 193 Å². The molecule has 0 aliphatic carbocycles. The quantitative estimate of drug-likeness (QED) is 0.221. The third-order valence-corrected chi connectivity index (χ3v) is 6.13. The van der Waals surface area contributed by atoms with Crippen molar-refractivity contribution in [3.8, 4) is 0 Å². The lowest BCUT2D eigenvalue weighted by Crippen LogP contribution is -2.65. The Morgan fingerprint density at radius 2 is 1.13 bits per heavy atom. The lowest BCUT2D eigenvalue weighted by Gasteiger charge is -2.48. The average molecular weight is 444 g/mol. The predicted octanol–water partition coefficient (Wildman–Crippen LogP) is 5.84. The van der Waals surface area contributed by atoms with Gasteiger partial charge in [0.1, 0.15) is 12.2 Å². The molecule has 0 radical (unpaired) electrons. The van der Waals surface area contributed by atoms with E-state index in [0.29, 0.717) is 0 Å². The summed E-state index contributed by atoms with van der Waals surface area (Å²) in [6.07, 6.45) is 11.4. The molecule has 1 heterocycles. The Morgan fingerprint density at radius 3 is 1.71 bits per heavy atom. The normalized spacial score (nSPS) is 24.7. The smallest absolute Gasteiger partial charge is 0.113 e. The first kappa shape index (κ1) is 28.8. The van der Waals surface area contributed by atoms with E-state index >= 15 is 0 Å². The Hall–Kier alpha value is -0.200. The third kappa shape index (κ3) is 11.5. The Morgan fingerprint density at radius 1 is 0.613 bits per heavy atom. The fraction of sp³-hybridized carbons (Fsp3) is 1.00. The second-order valence-corrected chi connectivity index (χ2v) is 8.99. The van der Waals surface area contributed by atoms with Gasteiger partial charge in [0.25, 0.3) is 0 Å². The molecule has 4 unspecified atom stereocenters. The molecule has 4 atom stereocenters. The van der Waals surface area contributed by atoms with Crippen LogP contribution in [0.25, 0.3) is 0 Å². The van der Waals surface area contributed by atoms with Crippen molar-refractivity contribution >= 4 is 0 Å². The van der Waals surface area contributed by atoms with Crippen LogP contribution in [0.1, 0.15) is 98.8 Å². The number of rotatable bonds is 20. The molecule has 0 aromatic heterocycles. The van der Waals surface area contributed by atoms with Gasteiger partial charge in [-0.25, -0.2) is 0 Å². The average Bonchev–Trinajstić information content (AvgIpc) is 2.78. The van der Waals surface area contributed by atoms with Crippen LogP contribution in [0.5, 0.6) is 0 Å². The molecular formula is C26H53NO4. The van der Waals surface area contributed by atoms with Gasteiger partial charge in [-0.1, -0.05) is 66.7 Å². The van der Waals surface area contributed by atoms with E-state index in [0.717, 1.165) is 97.5 Å². The van der Waals surface area contributed by atoms with Crippen molar-refractivity contribution in [2.45, 2.75) is 123 Å². The zero-order valence-electron chi connectivity index (χ0n) is 21.4. The van der Waals surface area contributed by atoms with Gasteiger partial charge in [0.05, 0.1) is 18.8 Å². The first-order valence-corrected chi connectivity index (χ1v) is 13.4. The Bertz CT molecular complexity index is 394. The van der Waals surface area contributed by atoms with Crippen molar-refractivity contribution < 1.29 is 18.9 Å². The number of hydrogen-bond acceptors (Lipinski definition) is 5. The van der Waals surface area contributed by atoms with Crippen LogP contribution in [0.3, 0.4) is 0 Å². The second kappa shape index (κ2) is 19.3. The molecule has 1 fully saturated rings. The summed E-state index contributed by atoms with van der Waals surface area (Å²) in [5.41, 5.74) is 0. The molecule has 5 nitrogen and oxygen atoms in total. The molecule has 31 heavy (non-hydrogen) atoms. The van der Waals surface area contributed by atoms with Crippen molar-refractivity contribution in [2.24, 2.45) is 0 Å². The maximum atomic E-state index is 6.56. The van der Waals surface area contributed by atoms with Crippen LogP contribution in [0.15, 0.2) is 0 Å². The van der Waals surface area contributed by atoms with Gasteiger partial charge in [0, 0.05) is 33.0 Å². The van der Waals surface area contributed by atoms with Crippen molar-refractivity contribution in [1.82, 2.24) is 4.90 Å². The molecule has 0 amide bonds. The van der Waals surface area contributed by atoms with E-state index in [9.17, 15) is 0 Å². The summed E-state index contributed by atoms with van der Waals surface area (Å²) in [4.78, 5) is 2.57. The maximum absolute atomic E-state index is 6.56. The number of unbranched alkanes of at least 4 members (excludes halogenated alkanes) is 5. The topological polar surface area (TPSA) is 40.2 Å². The van der Waals surface area contributed by atoms with Crippen LogP contribution in [0, 0.1) is 0 Å². The SMILES string of the molecule is CCCCOCC1C(OCCCC)C(OCCCC)C(OCCCC)CN1CCCC. The highest BCUT2D eigenvalue weighted by Crippen LogP contribution is 2.28. The fourth-order valence-electron chi connectivity index (χ4n) is 4.04. The molecule has 5 heteroatoms. The highest BCUT2D eigenvalue weighted by Gasteiger charge is 2.45. The van der Waals surface area contributed by atoms with Crippen LogP contribution in [0.4, 0.5) is 0 Å². The minimum atomic E-state index is -0.0158. The molecule has 1 aliphatic rings. The number of hydrogen-bond donors (Lipinski definition) is 0. The lowest BCUT2D eigenvalue weighted by atomic mass is 9.92. The van der Waals surface area contributed by atoms with Gasteiger partial charge in [0.2, 0.25) is 0 Å². The van der Waals surface area contributed by atoms with Crippen LogP contribution < -0.4 is 0 Å². The molecule has 1 saturated heterocycles. The summed E-state index contributed by atoms with van der Waals surface area (Å²) in [5, 5.41) is 0. The van der Waals surface area contributed by atoms with Crippen LogP contribution in [-0.4, -0.2) is 75.4 Å². The van der Waals surface area contributed by atoms with Gasteiger partial charge in [-0.3, -0.25) is 4.90 Å². The highest BCUT2D eigenvalue weighted by molar-refractivity contribution is 4.97. The van der Waals surface area contributed by atoms with Gasteiger partial charge < -0.3 is 18.9 Å². The lowest BCUT2D eigenvalue weighted by molar-refractivity contribution is -0.201. The first-order chi connectivity index (χ1) is 15.2. The second-order valence-electron chi connectivity index (χ2n) is 8.99. The predicted molar refractivity (Wildman–Crippen MR) is 130 cm³/mol.